The maximum absolute atomic E-state index is 13.7. The van der Waals surface area contributed by atoms with Gasteiger partial charge in [-0.15, -0.1) is 0 Å². The van der Waals surface area contributed by atoms with Gasteiger partial charge in [0.2, 0.25) is 0 Å². The number of nitrogens with zero attached hydrogens (tertiary/aromatic N) is 1. The first-order valence-electron chi connectivity index (χ1n) is 8.58. The molecule has 1 heterocycles. The van der Waals surface area contributed by atoms with Gasteiger partial charge in [0.05, 0.1) is 12.2 Å². The number of carboxylic acids is 1. The van der Waals surface area contributed by atoms with E-state index >= 15 is 0 Å². The number of aliphatic hydroxyl groups is 1. The van der Waals surface area contributed by atoms with Crippen molar-refractivity contribution in [2.45, 2.75) is 12.9 Å². The van der Waals surface area contributed by atoms with Gasteiger partial charge in [-0.25, -0.2) is 14.2 Å². The minimum atomic E-state index is -1.46. The molecule has 0 spiro atoms. The van der Waals surface area contributed by atoms with Gasteiger partial charge in [-0.3, -0.25) is 4.79 Å². The molecule has 0 aliphatic carbocycles. The first kappa shape index (κ1) is 20.1. The van der Waals surface area contributed by atoms with Crippen LogP contribution in [0.25, 0.3) is 0 Å². The summed E-state index contributed by atoms with van der Waals surface area (Å²) in [6.07, 6.45) is -0.338. The van der Waals surface area contributed by atoms with E-state index in [0.717, 1.165) is 6.20 Å². The number of benzene rings is 2. The number of aliphatic hydroxyl groups excluding tert-OH is 1. The first-order chi connectivity index (χ1) is 14.0. The summed E-state index contributed by atoms with van der Waals surface area (Å²) in [6, 6.07) is 14.9. The quantitative estimate of drug-likeness (QED) is 0.529. The Balaban J connectivity index is 1.72. The van der Waals surface area contributed by atoms with Crippen molar-refractivity contribution in [1.82, 2.24) is 4.98 Å². The minimum Gasteiger partial charge on any atom is -0.478 e. The lowest BCUT2D eigenvalue weighted by atomic mass is 10.1. The third kappa shape index (κ3) is 5.01. The number of hydrogen-bond donors (Lipinski definition) is 3. The number of rotatable bonds is 7. The summed E-state index contributed by atoms with van der Waals surface area (Å²) in [6.45, 7) is -0.179. The molecule has 0 bridgehead atoms. The number of anilines is 1. The van der Waals surface area contributed by atoms with E-state index < -0.39 is 24.0 Å². The number of carboxylic acid groups (broad SMARTS) is 1. The zero-order valence-corrected chi connectivity index (χ0v) is 15.1. The van der Waals surface area contributed by atoms with Crippen molar-refractivity contribution in [2.75, 3.05) is 5.32 Å². The number of ether oxygens (including phenoxy) is 1. The van der Waals surface area contributed by atoms with Crippen molar-refractivity contribution in [1.29, 1.82) is 0 Å². The highest BCUT2D eigenvalue weighted by Gasteiger charge is 2.19. The molecule has 1 amide bonds. The van der Waals surface area contributed by atoms with Gasteiger partial charge in [-0.05, 0) is 24.3 Å². The Hall–Kier alpha value is -3.62. The zero-order chi connectivity index (χ0) is 20.8. The summed E-state index contributed by atoms with van der Waals surface area (Å²) in [7, 11) is 0. The van der Waals surface area contributed by atoms with Crippen LogP contribution in [-0.2, 0) is 11.3 Å². The molecule has 0 saturated heterocycles. The Morgan fingerprint density at radius 2 is 1.79 bits per heavy atom. The highest BCUT2D eigenvalue weighted by atomic mass is 19.1. The van der Waals surface area contributed by atoms with Crippen LogP contribution in [-0.4, -0.2) is 27.1 Å². The fraction of sp³-hybridized carbons (Fsp3) is 0.0952. The van der Waals surface area contributed by atoms with Gasteiger partial charge in [0.25, 0.3) is 5.91 Å². The summed E-state index contributed by atoms with van der Waals surface area (Å²) >= 11 is 0. The number of aromatic nitrogens is 1. The van der Waals surface area contributed by atoms with E-state index in [-0.39, 0.29) is 34.7 Å². The Bertz CT molecular complexity index is 1020. The molecule has 1 aromatic heterocycles. The van der Waals surface area contributed by atoms with Crippen molar-refractivity contribution < 1.29 is 28.9 Å². The average Bonchev–Trinajstić information content (AvgIpc) is 2.73. The zero-order valence-electron chi connectivity index (χ0n) is 15.1. The predicted molar refractivity (Wildman–Crippen MR) is 102 cm³/mol. The second-order valence-corrected chi connectivity index (χ2v) is 6.03. The number of aromatic carboxylic acids is 1. The first-order valence-corrected chi connectivity index (χ1v) is 8.58. The van der Waals surface area contributed by atoms with Gasteiger partial charge in [0.15, 0.2) is 6.29 Å². The van der Waals surface area contributed by atoms with E-state index in [4.69, 9.17) is 9.84 Å². The van der Waals surface area contributed by atoms with E-state index in [2.05, 4.69) is 10.3 Å². The molecular formula is C21H17FN2O5. The van der Waals surface area contributed by atoms with Crippen LogP contribution in [0.15, 0.2) is 66.9 Å². The molecule has 8 heteroatoms. The molecule has 3 N–H and O–H groups in total. The Morgan fingerprint density at radius 1 is 1.07 bits per heavy atom. The second-order valence-electron chi connectivity index (χ2n) is 6.03. The number of carbonyl (C=O) groups is 2. The third-order valence-electron chi connectivity index (χ3n) is 4.08. The Morgan fingerprint density at radius 3 is 2.48 bits per heavy atom. The average molecular weight is 396 g/mol. The molecule has 0 aliphatic heterocycles. The van der Waals surface area contributed by atoms with Crippen LogP contribution in [0.5, 0.6) is 0 Å². The minimum absolute atomic E-state index is 0.0136. The van der Waals surface area contributed by atoms with Gasteiger partial charge in [0, 0.05) is 22.9 Å². The van der Waals surface area contributed by atoms with E-state index in [0.29, 0.717) is 0 Å². The molecule has 7 nitrogen and oxygen atoms in total. The molecule has 0 saturated carbocycles. The number of amides is 1. The van der Waals surface area contributed by atoms with Crippen molar-refractivity contribution >= 4 is 17.7 Å². The fourth-order valence-corrected chi connectivity index (χ4v) is 2.57. The third-order valence-corrected chi connectivity index (χ3v) is 4.08. The lowest BCUT2D eigenvalue weighted by Crippen LogP contribution is -2.17. The lowest BCUT2D eigenvalue weighted by molar-refractivity contribution is -0.112. The SMILES string of the molecule is O=C(O)c1ccc(NC(=O)c2ccccc2C(O)OCc2ccccc2F)nc1. The Kier molecular flexibility index (Phi) is 6.28. The van der Waals surface area contributed by atoms with Crippen LogP contribution in [0.3, 0.4) is 0 Å². The van der Waals surface area contributed by atoms with Gasteiger partial charge in [-0.2, -0.15) is 0 Å². The molecule has 1 atom stereocenters. The van der Waals surface area contributed by atoms with Crippen LogP contribution in [0, 0.1) is 5.82 Å². The van der Waals surface area contributed by atoms with Crippen molar-refractivity contribution in [2.24, 2.45) is 0 Å². The summed E-state index contributed by atoms with van der Waals surface area (Å²) in [5, 5.41) is 21.8. The van der Waals surface area contributed by atoms with Gasteiger partial charge in [-0.1, -0.05) is 36.4 Å². The molecule has 29 heavy (non-hydrogen) atoms. The van der Waals surface area contributed by atoms with Gasteiger partial charge in [0.1, 0.15) is 11.6 Å². The van der Waals surface area contributed by atoms with Crippen molar-refractivity contribution in [3.63, 3.8) is 0 Å². The fourth-order valence-electron chi connectivity index (χ4n) is 2.57. The predicted octanol–water partition coefficient (Wildman–Crippen LogP) is 3.38. The monoisotopic (exact) mass is 396 g/mol. The molecule has 148 valence electrons. The van der Waals surface area contributed by atoms with Gasteiger partial charge >= 0.3 is 5.97 Å². The number of hydrogen-bond acceptors (Lipinski definition) is 5. The maximum atomic E-state index is 13.7. The molecule has 0 radical (unpaired) electrons. The van der Waals surface area contributed by atoms with Crippen LogP contribution >= 0.6 is 0 Å². The number of pyridine rings is 1. The molecule has 0 aliphatic rings. The number of carbonyl (C=O) groups excluding carboxylic acids is 1. The highest BCUT2D eigenvalue weighted by Crippen LogP contribution is 2.22. The van der Waals surface area contributed by atoms with Crippen molar-refractivity contribution in [3.05, 3.63) is 94.9 Å². The van der Waals surface area contributed by atoms with Crippen LogP contribution in [0.4, 0.5) is 10.2 Å². The lowest BCUT2D eigenvalue weighted by Gasteiger charge is -2.16. The van der Waals surface area contributed by atoms with Crippen LogP contribution in [0.2, 0.25) is 0 Å². The molecule has 2 aromatic carbocycles. The number of nitrogens with one attached hydrogen (secondary N) is 1. The van der Waals surface area contributed by atoms with E-state index in [1.807, 2.05) is 0 Å². The molecule has 1 unspecified atom stereocenters. The summed E-state index contributed by atoms with van der Waals surface area (Å²) in [5.41, 5.74) is 0.595. The largest absolute Gasteiger partial charge is 0.478 e. The van der Waals surface area contributed by atoms with Crippen LogP contribution in [0.1, 0.15) is 38.1 Å². The molecule has 0 fully saturated rings. The molecule has 3 rings (SSSR count). The van der Waals surface area contributed by atoms with Crippen molar-refractivity contribution in [3.8, 4) is 0 Å². The van der Waals surface area contributed by atoms with Gasteiger partial charge < -0.3 is 20.3 Å². The van der Waals surface area contributed by atoms with E-state index in [9.17, 15) is 19.1 Å². The Labute approximate surface area is 165 Å². The summed E-state index contributed by atoms with van der Waals surface area (Å²) in [5.74, 6) is -2.00. The molecular weight excluding hydrogens is 379 g/mol. The van der Waals surface area contributed by atoms with E-state index in [1.54, 1.807) is 24.3 Å². The van der Waals surface area contributed by atoms with Crippen LogP contribution < -0.4 is 5.32 Å². The molecule has 3 aromatic rings. The maximum Gasteiger partial charge on any atom is 0.337 e. The second kappa shape index (κ2) is 9.05. The smallest absolute Gasteiger partial charge is 0.337 e. The van der Waals surface area contributed by atoms with E-state index in [1.165, 1.54) is 36.4 Å². The summed E-state index contributed by atoms with van der Waals surface area (Å²) in [4.78, 5) is 27.3. The number of halogens is 1. The normalized spacial score (nSPS) is 11.7. The highest BCUT2D eigenvalue weighted by molar-refractivity contribution is 6.05. The topological polar surface area (TPSA) is 109 Å². The standard InChI is InChI=1S/C21H17FN2O5/c22-17-8-4-1-5-14(17)12-29-21(28)16-7-3-2-6-15(16)19(25)24-18-10-9-13(11-23-18)20(26)27/h1-11,21,28H,12H2,(H,26,27)(H,23,24,25). The summed E-state index contributed by atoms with van der Waals surface area (Å²) < 4.78 is 19.0.